The molecule has 0 N–H and O–H groups in total. The molecule has 0 amide bonds. The second-order valence-corrected chi connectivity index (χ2v) is 3.79. The van der Waals surface area contributed by atoms with Crippen molar-refractivity contribution in [1.29, 1.82) is 0 Å². The Hall–Kier alpha value is -2.03. The van der Waals surface area contributed by atoms with Crippen LogP contribution in [0.2, 0.25) is 0 Å². The minimum absolute atomic E-state index is 0.674. The summed E-state index contributed by atoms with van der Waals surface area (Å²) in [4.78, 5) is 4.60. The van der Waals surface area contributed by atoms with Gasteiger partial charge in [0.1, 0.15) is 12.3 Å². The van der Waals surface area contributed by atoms with Crippen LogP contribution < -0.4 is 5.22 Å². The number of aromatic nitrogens is 2. The summed E-state index contributed by atoms with van der Waals surface area (Å²) in [5.41, 5.74) is 4.43. The minimum atomic E-state index is 0.674. The number of hydrogen-bond acceptors (Lipinski definition) is 2. The summed E-state index contributed by atoms with van der Waals surface area (Å²) in [6, 6.07) is 8.17. The van der Waals surface area contributed by atoms with Crippen molar-refractivity contribution in [3.8, 4) is 0 Å². The van der Waals surface area contributed by atoms with Crippen LogP contribution >= 0.6 is 0 Å². The van der Waals surface area contributed by atoms with Gasteiger partial charge in [-0.1, -0.05) is 12.1 Å². The van der Waals surface area contributed by atoms with Gasteiger partial charge in [0.25, 0.3) is 0 Å². The summed E-state index contributed by atoms with van der Waals surface area (Å²) in [7, 11) is 0. The topological polar surface area (TPSA) is 26.5 Å². The Morgan fingerprint density at radius 1 is 1.27 bits per heavy atom. The van der Waals surface area contributed by atoms with Crippen molar-refractivity contribution in [2.24, 2.45) is 0 Å². The van der Waals surface area contributed by atoms with Crippen molar-refractivity contribution >= 4 is 22.9 Å². The van der Waals surface area contributed by atoms with Gasteiger partial charge in [0, 0.05) is 11.8 Å². The van der Waals surface area contributed by atoms with Crippen LogP contribution in [0.1, 0.15) is 5.56 Å². The van der Waals surface area contributed by atoms with E-state index >= 15 is 0 Å². The lowest BCUT2D eigenvalue weighted by Gasteiger charge is -1.90. The van der Waals surface area contributed by atoms with E-state index in [1.807, 2.05) is 18.2 Å². The lowest BCUT2D eigenvalue weighted by molar-refractivity contribution is 0.296. The van der Waals surface area contributed by atoms with E-state index in [1.165, 1.54) is 5.56 Å². The van der Waals surface area contributed by atoms with E-state index in [1.54, 1.807) is 6.26 Å². The van der Waals surface area contributed by atoms with Gasteiger partial charge in [-0.05, 0) is 12.1 Å². The largest absolute Gasteiger partial charge is 0.496 e. The Labute approximate surface area is 85.6 Å². The Balaban J connectivity index is 2.33. The van der Waals surface area contributed by atoms with E-state index in [2.05, 4.69) is 21.6 Å². The lowest BCUT2D eigenvalue weighted by Crippen LogP contribution is -1.98. The maximum absolute atomic E-state index is 5.28. The molecule has 0 aliphatic carbocycles. The summed E-state index contributed by atoms with van der Waals surface area (Å²) >= 11 is 0. The molecule has 15 heavy (non-hydrogen) atoms. The monoisotopic (exact) mass is 196 g/mol. The zero-order chi connectivity index (χ0) is 9.83. The highest BCUT2D eigenvalue weighted by Crippen LogP contribution is 2.17. The molecule has 0 fully saturated rings. The number of nitrogens with zero attached hydrogens (tertiary/aromatic N) is 2. The molecule has 1 aliphatic rings. The highest BCUT2D eigenvalue weighted by Gasteiger charge is 2.14. The molecule has 0 spiro atoms. The molecule has 1 aromatic carbocycles. The molecular formula is C12H8N2O. The zero-order valence-corrected chi connectivity index (χ0v) is 7.97. The van der Waals surface area contributed by atoms with Crippen molar-refractivity contribution in [1.82, 2.24) is 9.38 Å². The SMILES string of the molecule is C1=c2c(cn3c2nc2ccccc23)CO1. The van der Waals surface area contributed by atoms with E-state index in [0.717, 1.165) is 21.9 Å². The van der Waals surface area contributed by atoms with Crippen LogP contribution in [0, 0.1) is 0 Å². The van der Waals surface area contributed by atoms with Crippen molar-refractivity contribution in [3.63, 3.8) is 0 Å². The fourth-order valence-electron chi connectivity index (χ4n) is 2.19. The number of benzene rings is 1. The van der Waals surface area contributed by atoms with Gasteiger partial charge in [-0.2, -0.15) is 0 Å². The molecule has 3 heterocycles. The smallest absolute Gasteiger partial charge is 0.148 e. The summed E-state index contributed by atoms with van der Waals surface area (Å²) in [5.74, 6) is 0. The number of fused-ring (bicyclic) bond motifs is 5. The third-order valence-electron chi connectivity index (χ3n) is 2.91. The molecular weight excluding hydrogens is 188 g/mol. The normalized spacial score (nSPS) is 14.1. The molecule has 1 aliphatic heterocycles. The van der Waals surface area contributed by atoms with Crippen LogP contribution in [-0.4, -0.2) is 9.38 Å². The summed E-state index contributed by atoms with van der Waals surface area (Å²) in [5, 5.41) is 1.13. The summed E-state index contributed by atoms with van der Waals surface area (Å²) < 4.78 is 7.42. The van der Waals surface area contributed by atoms with Gasteiger partial charge in [0.05, 0.1) is 22.5 Å². The first-order chi connectivity index (χ1) is 7.43. The lowest BCUT2D eigenvalue weighted by atomic mass is 10.3. The molecule has 72 valence electrons. The molecule has 0 bridgehead atoms. The highest BCUT2D eigenvalue weighted by molar-refractivity contribution is 5.81. The first-order valence-corrected chi connectivity index (χ1v) is 4.94. The van der Waals surface area contributed by atoms with Crippen molar-refractivity contribution < 1.29 is 4.74 Å². The fourth-order valence-corrected chi connectivity index (χ4v) is 2.19. The average Bonchev–Trinajstić information content (AvgIpc) is 2.87. The van der Waals surface area contributed by atoms with Crippen LogP contribution in [0.5, 0.6) is 0 Å². The first-order valence-electron chi connectivity index (χ1n) is 4.94. The Kier molecular flexibility index (Phi) is 1.12. The van der Waals surface area contributed by atoms with Crippen LogP contribution in [0.15, 0.2) is 30.5 Å². The third kappa shape index (κ3) is 0.783. The van der Waals surface area contributed by atoms with Crippen molar-refractivity contribution in [2.45, 2.75) is 6.61 Å². The van der Waals surface area contributed by atoms with Gasteiger partial charge in [0.2, 0.25) is 0 Å². The van der Waals surface area contributed by atoms with E-state index in [9.17, 15) is 0 Å². The summed E-state index contributed by atoms with van der Waals surface area (Å²) in [6.45, 7) is 0.674. The molecule has 2 aromatic heterocycles. The highest BCUT2D eigenvalue weighted by atomic mass is 16.5. The molecule has 3 aromatic rings. The van der Waals surface area contributed by atoms with Gasteiger partial charge in [-0.15, -0.1) is 0 Å². The standard InChI is InChI=1S/C12H8N2O/c1-2-4-11-10(3-1)13-12-9-7-15-6-8(9)5-14(11)12/h1-5,7H,6H2. The summed E-state index contributed by atoms with van der Waals surface area (Å²) in [6.07, 6.45) is 3.92. The fraction of sp³-hybridized carbons (Fsp3) is 0.0833. The van der Waals surface area contributed by atoms with Gasteiger partial charge in [0.15, 0.2) is 0 Å². The van der Waals surface area contributed by atoms with Crippen LogP contribution in [0.3, 0.4) is 0 Å². The quantitative estimate of drug-likeness (QED) is 0.544. The molecule has 4 rings (SSSR count). The van der Waals surface area contributed by atoms with E-state index in [-0.39, 0.29) is 0 Å². The number of para-hydroxylation sites is 2. The predicted octanol–water partition coefficient (Wildman–Crippen LogP) is 1.47. The van der Waals surface area contributed by atoms with E-state index in [0.29, 0.717) is 6.61 Å². The average molecular weight is 196 g/mol. The Morgan fingerprint density at radius 2 is 2.20 bits per heavy atom. The van der Waals surface area contributed by atoms with Gasteiger partial charge < -0.3 is 4.74 Å². The van der Waals surface area contributed by atoms with Crippen LogP contribution in [0.4, 0.5) is 0 Å². The number of imidazole rings is 1. The first kappa shape index (κ1) is 7.29. The maximum Gasteiger partial charge on any atom is 0.148 e. The van der Waals surface area contributed by atoms with Crippen LogP contribution in [0.25, 0.3) is 22.9 Å². The van der Waals surface area contributed by atoms with Gasteiger partial charge in [-0.3, -0.25) is 4.40 Å². The molecule has 0 atom stereocenters. The molecule has 3 heteroatoms. The zero-order valence-electron chi connectivity index (χ0n) is 7.97. The van der Waals surface area contributed by atoms with Gasteiger partial charge in [-0.25, -0.2) is 4.98 Å². The van der Waals surface area contributed by atoms with Gasteiger partial charge >= 0.3 is 0 Å². The van der Waals surface area contributed by atoms with Crippen molar-refractivity contribution in [3.05, 3.63) is 41.2 Å². The minimum Gasteiger partial charge on any atom is -0.496 e. The number of ether oxygens (including phenoxy) is 1. The second kappa shape index (κ2) is 2.31. The molecule has 3 nitrogen and oxygen atoms in total. The maximum atomic E-state index is 5.28. The van der Waals surface area contributed by atoms with E-state index < -0.39 is 0 Å². The molecule has 0 radical (unpaired) electrons. The molecule has 0 saturated heterocycles. The Morgan fingerprint density at radius 3 is 3.20 bits per heavy atom. The van der Waals surface area contributed by atoms with Crippen LogP contribution in [-0.2, 0) is 11.3 Å². The third-order valence-corrected chi connectivity index (χ3v) is 2.91. The second-order valence-electron chi connectivity index (χ2n) is 3.79. The van der Waals surface area contributed by atoms with Crippen molar-refractivity contribution in [2.75, 3.05) is 0 Å². The molecule has 0 unspecified atom stereocenters. The van der Waals surface area contributed by atoms with E-state index in [4.69, 9.17) is 4.74 Å². The predicted molar refractivity (Wildman–Crippen MR) is 57.2 cm³/mol. The Bertz CT molecular complexity index is 727. The number of rotatable bonds is 0. The number of hydrogen-bond donors (Lipinski definition) is 0. The molecule has 0 saturated carbocycles.